The van der Waals surface area contributed by atoms with Gasteiger partial charge in [0.2, 0.25) is 0 Å². The summed E-state index contributed by atoms with van der Waals surface area (Å²) in [4.78, 5) is 0. The van der Waals surface area contributed by atoms with Crippen LogP contribution >= 0.6 is 0 Å². The van der Waals surface area contributed by atoms with Crippen molar-refractivity contribution in [2.75, 3.05) is 13.2 Å². The van der Waals surface area contributed by atoms with Gasteiger partial charge < -0.3 is 10.5 Å². The Balaban J connectivity index is 2.94. The highest BCUT2D eigenvalue weighted by atomic mass is 19.4. The molecule has 1 rings (SSSR count). The summed E-state index contributed by atoms with van der Waals surface area (Å²) in [6.45, 7) is 2.58. The van der Waals surface area contributed by atoms with E-state index in [1.165, 1.54) is 6.07 Å². The SMILES string of the molecule is CCCCOc1ccc(CCN)cc1C(F)(F)F. The van der Waals surface area contributed by atoms with Gasteiger partial charge in [-0.05, 0) is 37.1 Å². The smallest absolute Gasteiger partial charge is 0.419 e. The Labute approximate surface area is 105 Å². The van der Waals surface area contributed by atoms with Crippen LogP contribution < -0.4 is 10.5 Å². The molecule has 1 aromatic carbocycles. The van der Waals surface area contributed by atoms with Gasteiger partial charge in [0.05, 0.1) is 12.2 Å². The van der Waals surface area contributed by atoms with Gasteiger partial charge in [-0.15, -0.1) is 0 Å². The zero-order chi connectivity index (χ0) is 13.6. The van der Waals surface area contributed by atoms with Crippen LogP contribution in [-0.2, 0) is 12.6 Å². The van der Waals surface area contributed by atoms with Crippen molar-refractivity contribution < 1.29 is 17.9 Å². The van der Waals surface area contributed by atoms with E-state index in [1.54, 1.807) is 6.07 Å². The molecule has 0 radical (unpaired) electrons. The van der Waals surface area contributed by atoms with Gasteiger partial charge in [-0.1, -0.05) is 19.4 Å². The highest BCUT2D eigenvalue weighted by Gasteiger charge is 2.34. The first-order valence-electron chi connectivity index (χ1n) is 6.02. The van der Waals surface area contributed by atoms with Crippen molar-refractivity contribution in [2.45, 2.75) is 32.4 Å². The molecule has 2 nitrogen and oxygen atoms in total. The zero-order valence-corrected chi connectivity index (χ0v) is 10.4. The summed E-state index contributed by atoms with van der Waals surface area (Å²) in [6, 6.07) is 4.13. The van der Waals surface area contributed by atoms with E-state index < -0.39 is 11.7 Å². The number of halogens is 3. The van der Waals surface area contributed by atoms with Gasteiger partial charge in [-0.25, -0.2) is 0 Å². The molecule has 0 saturated carbocycles. The third kappa shape index (κ3) is 4.22. The van der Waals surface area contributed by atoms with Crippen LogP contribution in [0.4, 0.5) is 13.2 Å². The van der Waals surface area contributed by atoms with Gasteiger partial charge in [0.25, 0.3) is 0 Å². The van der Waals surface area contributed by atoms with Crippen LogP contribution in [0, 0.1) is 0 Å². The highest BCUT2D eigenvalue weighted by molar-refractivity contribution is 5.39. The molecule has 0 spiro atoms. The summed E-state index contributed by atoms with van der Waals surface area (Å²) in [7, 11) is 0. The number of rotatable bonds is 6. The molecule has 0 amide bonds. The quantitative estimate of drug-likeness (QED) is 0.797. The van der Waals surface area contributed by atoms with Gasteiger partial charge in [0.15, 0.2) is 0 Å². The lowest BCUT2D eigenvalue weighted by Crippen LogP contribution is -2.11. The molecule has 1 aromatic rings. The minimum atomic E-state index is -4.40. The summed E-state index contributed by atoms with van der Waals surface area (Å²) in [5, 5.41) is 0. The van der Waals surface area contributed by atoms with Crippen molar-refractivity contribution in [1.82, 2.24) is 0 Å². The van der Waals surface area contributed by atoms with E-state index in [2.05, 4.69) is 0 Å². The fourth-order valence-corrected chi connectivity index (χ4v) is 1.57. The van der Waals surface area contributed by atoms with Gasteiger partial charge >= 0.3 is 6.18 Å². The number of alkyl halides is 3. The molecule has 0 aliphatic heterocycles. The Morgan fingerprint density at radius 1 is 1.28 bits per heavy atom. The first-order chi connectivity index (χ1) is 8.49. The molecule has 0 unspecified atom stereocenters. The Bertz CT molecular complexity index is 377. The number of hydrogen-bond acceptors (Lipinski definition) is 2. The fraction of sp³-hybridized carbons (Fsp3) is 0.538. The molecule has 18 heavy (non-hydrogen) atoms. The summed E-state index contributed by atoms with van der Waals surface area (Å²) >= 11 is 0. The molecule has 5 heteroatoms. The molecule has 2 N–H and O–H groups in total. The van der Waals surface area contributed by atoms with Crippen LogP contribution in [-0.4, -0.2) is 13.2 Å². The van der Waals surface area contributed by atoms with E-state index in [0.29, 0.717) is 25.1 Å². The average Bonchev–Trinajstić information content (AvgIpc) is 2.30. The summed E-state index contributed by atoms with van der Waals surface area (Å²) in [5.74, 6) is -0.100. The third-order valence-electron chi connectivity index (χ3n) is 2.54. The zero-order valence-electron chi connectivity index (χ0n) is 10.4. The summed E-state index contributed by atoms with van der Waals surface area (Å²) in [5.41, 5.74) is 5.20. The van der Waals surface area contributed by atoms with E-state index in [4.69, 9.17) is 10.5 Å². The fourth-order valence-electron chi connectivity index (χ4n) is 1.57. The topological polar surface area (TPSA) is 35.2 Å². The Kier molecular flexibility index (Phi) is 5.47. The van der Waals surface area contributed by atoms with Crippen molar-refractivity contribution in [3.63, 3.8) is 0 Å². The normalized spacial score (nSPS) is 11.6. The molecule has 0 heterocycles. The van der Waals surface area contributed by atoms with Gasteiger partial charge in [-0.2, -0.15) is 13.2 Å². The lowest BCUT2D eigenvalue weighted by Gasteiger charge is -2.15. The maximum absolute atomic E-state index is 12.9. The van der Waals surface area contributed by atoms with Crippen LogP contribution in [0.5, 0.6) is 5.75 Å². The van der Waals surface area contributed by atoms with E-state index >= 15 is 0 Å². The molecule has 0 fully saturated rings. The third-order valence-corrected chi connectivity index (χ3v) is 2.54. The van der Waals surface area contributed by atoms with Crippen LogP contribution in [0.2, 0.25) is 0 Å². The molecule has 102 valence electrons. The Morgan fingerprint density at radius 2 is 2.00 bits per heavy atom. The van der Waals surface area contributed by atoms with Crippen LogP contribution in [0.3, 0.4) is 0 Å². The minimum absolute atomic E-state index is 0.100. The van der Waals surface area contributed by atoms with Crippen LogP contribution in [0.1, 0.15) is 30.9 Å². The predicted molar refractivity (Wildman–Crippen MR) is 64.6 cm³/mol. The maximum atomic E-state index is 12.9. The van der Waals surface area contributed by atoms with Crippen molar-refractivity contribution >= 4 is 0 Å². The van der Waals surface area contributed by atoms with Crippen LogP contribution in [0.25, 0.3) is 0 Å². The summed E-state index contributed by atoms with van der Waals surface area (Å²) in [6.07, 6.45) is -2.35. The first kappa shape index (κ1) is 14.8. The molecule has 0 aromatic heterocycles. The molecule has 0 aliphatic carbocycles. The minimum Gasteiger partial charge on any atom is -0.493 e. The number of hydrogen-bond donors (Lipinski definition) is 1. The second-order valence-corrected chi connectivity index (χ2v) is 4.07. The van der Waals surface area contributed by atoms with E-state index in [9.17, 15) is 13.2 Å². The maximum Gasteiger partial charge on any atom is 0.419 e. The Morgan fingerprint density at radius 3 is 2.56 bits per heavy atom. The lowest BCUT2D eigenvalue weighted by molar-refractivity contribution is -0.139. The van der Waals surface area contributed by atoms with Crippen LogP contribution in [0.15, 0.2) is 18.2 Å². The van der Waals surface area contributed by atoms with E-state index in [0.717, 1.165) is 18.9 Å². The number of ether oxygens (including phenoxy) is 1. The predicted octanol–water partition coefficient (Wildman–Crippen LogP) is 3.39. The number of nitrogens with two attached hydrogens (primary N) is 1. The van der Waals surface area contributed by atoms with Crippen molar-refractivity contribution in [2.24, 2.45) is 5.73 Å². The average molecular weight is 261 g/mol. The van der Waals surface area contributed by atoms with Gasteiger partial charge in [0.1, 0.15) is 5.75 Å². The highest BCUT2D eigenvalue weighted by Crippen LogP contribution is 2.37. The molecule has 0 saturated heterocycles. The first-order valence-corrected chi connectivity index (χ1v) is 6.02. The largest absolute Gasteiger partial charge is 0.493 e. The van der Waals surface area contributed by atoms with E-state index in [1.807, 2.05) is 6.92 Å². The van der Waals surface area contributed by atoms with Crippen molar-refractivity contribution in [1.29, 1.82) is 0 Å². The molecule has 0 atom stereocenters. The standard InChI is InChI=1S/C13H18F3NO/c1-2-3-8-18-12-5-4-10(6-7-17)9-11(12)13(14,15)16/h4-5,9H,2-3,6-8,17H2,1H3. The van der Waals surface area contributed by atoms with Crippen molar-refractivity contribution in [3.05, 3.63) is 29.3 Å². The second-order valence-electron chi connectivity index (χ2n) is 4.07. The lowest BCUT2D eigenvalue weighted by atomic mass is 10.1. The molecule has 0 bridgehead atoms. The van der Waals surface area contributed by atoms with Gasteiger partial charge in [-0.3, -0.25) is 0 Å². The molecule has 0 aliphatic rings. The number of unbranched alkanes of at least 4 members (excludes halogenated alkanes) is 1. The van der Waals surface area contributed by atoms with Gasteiger partial charge in [0, 0.05) is 0 Å². The molecular formula is C13H18F3NO. The monoisotopic (exact) mass is 261 g/mol. The summed E-state index contributed by atoms with van der Waals surface area (Å²) < 4.78 is 43.8. The number of benzene rings is 1. The van der Waals surface area contributed by atoms with E-state index in [-0.39, 0.29) is 5.75 Å². The Hall–Kier alpha value is -1.23. The van der Waals surface area contributed by atoms with Crippen molar-refractivity contribution in [3.8, 4) is 5.75 Å². The second kappa shape index (κ2) is 6.64. The molecular weight excluding hydrogens is 243 g/mol.